The molecule has 0 fully saturated rings. The molecule has 0 saturated carbocycles. The number of fused-ring (bicyclic) bond motifs is 1. The van der Waals surface area contributed by atoms with E-state index in [0.29, 0.717) is 43.0 Å². The number of nitrogens with one attached hydrogen (secondary N) is 1. The first-order chi connectivity index (χ1) is 14.4. The molecule has 0 spiro atoms. The summed E-state index contributed by atoms with van der Waals surface area (Å²) in [5.74, 6) is 0.565. The summed E-state index contributed by atoms with van der Waals surface area (Å²) in [5.41, 5.74) is 3.19. The molecule has 0 radical (unpaired) electrons. The minimum atomic E-state index is -3.63. The molecule has 2 aromatic rings. The number of sulfone groups is 1. The van der Waals surface area contributed by atoms with E-state index in [9.17, 15) is 18.0 Å². The molecule has 3 heterocycles. The van der Waals surface area contributed by atoms with Crippen molar-refractivity contribution < 1.29 is 27.5 Å². The van der Waals surface area contributed by atoms with Gasteiger partial charge in [-0.25, -0.2) is 8.42 Å². The van der Waals surface area contributed by atoms with Gasteiger partial charge in [0.1, 0.15) is 0 Å². The van der Waals surface area contributed by atoms with Crippen LogP contribution in [0.5, 0.6) is 11.5 Å². The quantitative estimate of drug-likeness (QED) is 0.782. The highest BCUT2D eigenvalue weighted by molar-refractivity contribution is 7.91. The summed E-state index contributed by atoms with van der Waals surface area (Å²) in [6.07, 6.45) is 1.44. The van der Waals surface area contributed by atoms with Gasteiger partial charge >= 0.3 is 0 Å². The Morgan fingerprint density at radius 1 is 1.03 bits per heavy atom. The average Bonchev–Trinajstić information content (AvgIpc) is 3.36. The Bertz CT molecular complexity index is 1170. The van der Waals surface area contributed by atoms with Gasteiger partial charge in [-0.15, -0.1) is 0 Å². The molecule has 156 valence electrons. The van der Waals surface area contributed by atoms with Crippen LogP contribution in [0.1, 0.15) is 24.0 Å². The SMILES string of the molecule is O=C(CCS(=O)(=O)c1cc2c3c(c1)CCN3C(=O)CC2)Nc1ccc2c(c1)OCO2. The molecule has 8 nitrogen and oxygen atoms in total. The summed E-state index contributed by atoms with van der Waals surface area (Å²) in [7, 11) is -3.63. The number of anilines is 2. The molecule has 2 amide bonds. The first-order valence-corrected chi connectivity index (χ1v) is 11.4. The molecule has 9 heteroatoms. The molecular formula is C21H20N2O6S. The van der Waals surface area contributed by atoms with Gasteiger partial charge in [0.25, 0.3) is 0 Å². The minimum absolute atomic E-state index is 0.0945. The molecule has 0 atom stereocenters. The van der Waals surface area contributed by atoms with Crippen molar-refractivity contribution in [2.24, 2.45) is 0 Å². The van der Waals surface area contributed by atoms with Crippen molar-refractivity contribution in [2.75, 3.05) is 29.3 Å². The molecule has 5 rings (SSSR count). The number of aryl methyl sites for hydroxylation is 1. The van der Waals surface area contributed by atoms with Crippen LogP contribution in [0.2, 0.25) is 0 Å². The summed E-state index contributed by atoms with van der Waals surface area (Å²) in [6, 6.07) is 8.33. The Hall–Kier alpha value is -3.07. The van der Waals surface area contributed by atoms with Gasteiger partial charge in [-0.05, 0) is 48.2 Å². The number of carbonyl (C=O) groups excluding carboxylic acids is 2. The number of nitrogens with zero attached hydrogens (tertiary/aromatic N) is 1. The molecule has 0 unspecified atom stereocenters. The van der Waals surface area contributed by atoms with E-state index in [2.05, 4.69) is 5.32 Å². The molecule has 3 aliphatic heterocycles. The van der Waals surface area contributed by atoms with Crippen LogP contribution in [0.25, 0.3) is 0 Å². The summed E-state index contributed by atoms with van der Waals surface area (Å²) in [5, 5.41) is 2.70. The van der Waals surface area contributed by atoms with Crippen molar-refractivity contribution in [3.05, 3.63) is 41.5 Å². The van der Waals surface area contributed by atoms with Gasteiger partial charge in [0.05, 0.1) is 16.3 Å². The Kier molecular flexibility index (Phi) is 4.43. The Balaban J connectivity index is 1.28. The Morgan fingerprint density at radius 3 is 2.63 bits per heavy atom. The molecule has 3 aliphatic rings. The fraction of sp³-hybridized carbons (Fsp3) is 0.333. The molecule has 0 aliphatic carbocycles. The third kappa shape index (κ3) is 3.28. The summed E-state index contributed by atoms with van der Waals surface area (Å²) < 4.78 is 36.3. The third-order valence-electron chi connectivity index (χ3n) is 5.64. The second-order valence-corrected chi connectivity index (χ2v) is 9.68. The number of hydrogen-bond donors (Lipinski definition) is 1. The lowest BCUT2D eigenvalue weighted by molar-refractivity contribution is -0.119. The molecule has 0 saturated heterocycles. The first kappa shape index (κ1) is 18.9. The number of hydrogen-bond acceptors (Lipinski definition) is 6. The highest BCUT2D eigenvalue weighted by Crippen LogP contribution is 2.38. The van der Waals surface area contributed by atoms with Gasteiger partial charge in [-0.1, -0.05) is 0 Å². The van der Waals surface area contributed by atoms with Crippen LogP contribution in [-0.2, 0) is 32.3 Å². The van der Waals surface area contributed by atoms with Gasteiger partial charge in [-0.2, -0.15) is 0 Å². The maximum absolute atomic E-state index is 12.9. The van der Waals surface area contributed by atoms with Crippen LogP contribution in [0.3, 0.4) is 0 Å². The van der Waals surface area contributed by atoms with Gasteiger partial charge in [-0.3, -0.25) is 9.59 Å². The highest BCUT2D eigenvalue weighted by Gasteiger charge is 2.33. The second-order valence-electron chi connectivity index (χ2n) is 7.57. The summed E-state index contributed by atoms with van der Waals surface area (Å²) in [6.45, 7) is 0.738. The van der Waals surface area contributed by atoms with Gasteiger partial charge in [0.15, 0.2) is 21.3 Å². The smallest absolute Gasteiger partial charge is 0.231 e. The largest absolute Gasteiger partial charge is 0.454 e. The van der Waals surface area contributed by atoms with E-state index >= 15 is 0 Å². The lowest BCUT2D eigenvalue weighted by Gasteiger charge is -2.25. The van der Waals surface area contributed by atoms with Gasteiger partial charge in [0, 0.05) is 31.1 Å². The monoisotopic (exact) mass is 428 g/mol. The first-order valence-electron chi connectivity index (χ1n) is 9.79. The highest BCUT2D eigenvalue weighted by atomic mass is 32.2. The van der Waals surface area contributed by atoms with E-state index in [0.717, 1.165) is 16.8 Å². The number of rotatable bonds is 5. The van der Waals surface area contributed by atoms with Crippen LogP contribution in [-0.4, -0.2) is 39.3 Å². The zero-order valence-electron chi connectivity index (χ0n) is 16.1. The van der Waals surface area contributed by atoms with Gasteiger partial charge < -0.3 is 19.7 Å². The zero-order valence-corrected chi connectivity index (χ0v) is 17.0. The van der Waals surface area contributed by atoms with Crippen molar-refractivity contribution in [1.82, 2.24) is 0 Å². The third-order valence-corrected chi connectivity index (χ3v) is 7.33. The predicted octanol–water partition coefficient (Wildman–Crippen LogP) is 2.05. The van der Waals surface area contributed by atoms with Gasteiger partial charge in [0.2, 0.25) is 18.6 Å². The maximum Gasteiger partial charge on any atom is 0.231 e. The van der Waals surface area contributed by atoms with E-state index < -0.39 is 15.7 Å². The van der Waals surface area contributed by atoms with Crippen LogP contribution in [0.4, 0.5) is 11.4 Å². The Morgan fingerprint density at radius 2 is 1.80 bits per heavy atom. The minimum Gasteiger partial charge on any atom is -0.454 e. The van der Waals surface area contributed by atoms with Crippen LogP contribution < -0.4 is 19.7 Å². The second kappa shape index (κ2) is 7.02. The van der Waals surface area contributed by atoms with E-state index in [-0.39, 0.29) is 29.8 Å². The fourth-order valence-corrected chi connectivity index (χ4v) is 5.48. The molecule has 2 aromatic carbocycles. The van der Waals surface area contributed by atoms with Crippen LogP contribution in [0, 0.1) is 0 Å². The van der Waals surface area contributed by atoms with E-state index in [1.807, 2.05) is 0 Å². The molecule has 30 heavy (non-hydrogen) atoms. The Labute approximate surface area is 173 Å². The molecular weight excluding hydrogens is 408 g/mol. The van der Waals surface area contributed by atoms with Crippen LogP contribution >= 0.6 is 0 Å². The number of carbonyl (C=O) groups is 2. The lowest BCUT2D eigenvalue weighted by atomic mass is 10.00. The molecule has 1 N–H and O–H groups in total. The van der Waals surface area contributed by atoms with E-state index in [1.54, 1.807) is 35.2 Å². The van der Waals surface area contributed by atoms with E-state index in [4.69, 9.17) is 9.47 Å². The predicted molar refractivity (Wildman–Crippen MR) is 109 cm³/mol. The molecule has 0 aromatic heterocycles. The average molecular weight is 428 g/mol. The number of benzene rings is 2. The lowest BCUT2D eigenvalue weighted by Crippen LogP contribution is -2.32. The molecule has 0 bridgehead atoms. The fourth-order valence-electron chi connectivity index (χ4n) is 4.15. The number of ether oxygens (including phenoxy) is 2. The summed E-state index contributed by atoms with van der Waals surface area (Å²) in [4.78, 5) is 26.3. The van der Waals surface area contributed by atoms with Crippen molar-refractivity contribution in [2.45, 2.75) is 30.6 Å². The van der Waals surface area contributed by atoms with E-state index in [1.165, 1.54) is 0 Å². The normalized spacial score (nSPS) is 16.5. The van der Waals surface area contributed by atoms with Crippen LogP contribution in [0.15, 0.2) is 35.2 Å². The summed E-state index contributed by atoms with van der Waals surface area (Å²) >= 11 is 0. The van der Waals surface area contributed by atoms with Crippen molar-refractivity contribution in [3.63, 3.8) is 0 Å². The van der Waals surface area contributed by atoms with Crippen molar-refractivity contribution in [3.8, 4) is 11.5 Å². The standard InChI is InChI=1S/C21H20N2O6S/c24-19(22-15-2-3-17-18(11-15)29-12-28-17)6-8-30(26,27)16-9-13-1-4-20(25)23-7-5-14(10-16)21(13)23/h2-3,9-11H,1,4-8,12H2,(H,22,24). The maximum atomic E-state index is 12.9. The van der Waals surface area contributed by atoms with Crippen molar-refractivity contribution in [1.29, 1.82) is 0 Å². The zero-order chi connectivity index (χ0) is 20.9. The topological polar surface area (TPSA) is 102 Å². The number of amides is 2. The van der Waals surface area contributed by atoms with Crippen molar-refractivity contribution >= 4 is 33.0 Å².